The monoisotopic (exact) mass is 314 g/mol. The van der Waals surface area contributed by atoms with Crippen LogP contribution in [0.15, 0.2) is 0 Å². The summed E-state index contributed by atoms with van der Waals surface area (Å²) in [4.78, 5) is 0. The van der Waals surface area contributed by atoms with E-state index < -0.39 is 20.3 Å². The molecule has 0 aliphatic heterocycles. The van der Waals surface area contributed by atoms with Crippen molar-refractivity contribution in [3.63, 3.8) is 0 Å². The van der Waals surface area contributed by atoms with Crippen LogP contribution >= 0.6 is 0 Å². The first-order chi connectivity index (χ1) is 9.54. The molecule has 0 saturated carbocycles. The zero-order chi connectivity index (χ0) is 16.6. The average molecular weight is 314 g/mol. The third kappa shape index (κ3) is 10.4. The minimum absolute atomic E-state index is 0.168. The Morgan fingerprint density at radius 3 is 1.33 bits per heavy atom. The molecule has 0 rings (SSSR count). The molecule has 0 N–H and O–H groups in total. The predicted molar refractivity (Wildman–Crippen MR) is 79.8 cm³/mol. The van der Waals surface area contributed by atoms with Gasteiger partial charge in [-0.15, -0.1) is 0 Å². The number of hydrogen-bond donors (Lipinski definition) is 0. The first-order valence-electron chi connectivity index (χ1n) is 6.96. The molecule has 120 valence electrons. The minimum Gasteiger partial charge on any atom is -0.350 e. The van der Waals surface area contributed by atoms with Gasteiger partial charge in [0.1, 0.15) is 0 Å². The molecule has 0 aliphatic carbocycles. The Bertz CT molecular complexity index is 350. The third-order valence-corrected chi connectivity index (χ3v) is 4.69. The fourth-order valence-corrected chi connectivity index (χ4v) is 3.94. The quantitative estimate of drug-likeness (QED) is 0.506. The van der Waals surface area contributed by atoms with Crippen LogP contribution in [0.1, 0.15) is 54.4 Å². The summed E-state index contributed by atoms with van der Waals surface area (Å²) in [6, 6.07) is 4.02. The molecule has 0 fully saturated rings. The minimum atomic E-state index is -3.44. The normalized spacial score (nSPS) is 12.8. The van der Waals surface area contributed by atoms with Crippen LogP contribution in [0, 0.1) is 22.7 Å². The molecule has 0 amide bonds. The van der Waals surface area contributed by atoms with E-state index in [1.165, 1.54) is 0 Å². The molecule has 0 heterocycles. The van der Waals surface area contributed by atoms with E-state index in [0.717, 1.165) is 0 Å². The summed E-state index contributed by atoms with van der Waals surface area (Å²) in [5.41, 5.74) is -1.06. The summed E-state index contributed by atoms with van der Waals surface area (Å²) in [5.74, 6) is 0. The second-order valence-electron chi connectivity index (χ2n) is 6.44. The van der Waals surface area contributed by atoms with Crippen molar-refractivity contribution in [3.8, 4) is 12.1 Å². The van der Waals surface area contributed by atoms with Crippen molar-refractivity contribution in [1.82, 2.24) is 0 Å². The Morgan fingerprint density at radius 2 is 1.10 bits per heavy atom. The Morgan fingerprint density at radius 1 is 0.762 bits per heavy atom. The maximum absolute atomic E-state index is 8.66. The van der Waals surface area contributed by atoms with Crippen molar-refractivity contribution in [2.75, 3.05) is 13.2 Å². The van der Waals surface area contributed by atoms with Crippen LogP contribution in [0.5, 0.6) is 0 Å². The molecule has 0 aromatic carbocycles. The van der Waals surface area contributed by atoms with E-state index in [1.807, 2.05) is 53.7 Å². The van der Waals surface area contributed by atoms with Crippen LogP contribution in [-0.2, 0) is 17.7 Å². The van der Waals surface area contributed by atoms with Gasteiger partial charge >= 0.3 is 9.05 Å². The van der Waals surface area contributed by atoms with E-state index >= 15 is 0 Å². The highest BCUT2D eigenvalue weighted by atomic mass is 28.4. The molecular weight excluding hydrogens is 288 g/mol. The van der Waals surface area contributed by atoms with Gasteiger partial charge in [0.15, 0.2) is 0 Å². The van der Waals surface area contributed by atoms with Crippen LogP contribution in [-0.4, -0.2) is 33.5 Å². The highest BCUT2D eigenvalue weighted by Gasteiger charge is 2.51. The Balaban J connectivity index is 5.16. The lowest BCUT2D eigenvalue weighted by atomic mass is 10.2. The molecule has 0 saturated heterocycles. The molecule has 0 bridgehead atoms. The van der Waals surface area contributed by atoms with Crippen LogP contribution in [0.25, 0.3) is 0 Å². The summed E-state index contributed by atoms with van der Waals surface area (Å²) in [5, 5.41) is 17.3. The first-order valence-corrected chi connectivity index (χ1v) is 8.59. The van der Waals surface area contributed by atoms with Gasteiger partial charge in [0.25, 0.3) is 0 Å². The molecule has 6 nitrogen and oxygen atoms in total. The lowest BCUT2D eigenvalue weighted by Gasteiger charge is -2.37. The Hall–Kier alpha value is -0.963. The van der Waals surface area contributed by atoms with Crippen molar-refractivity contribution in [2.24, 2.45) is 0 Å². The number of rotatable bonds is 8. The molecule has 0 aromatic heterocycles. The van der Waals surface area contributed by atoms with E-state index in [0.29, 0.717) is 0 Å². The van der Waals surface area contributed by atoms with Gasteiger partial charge in [-0.3, -0.25) is 0 Å². The lowest BCUT2D eigenvalue weighted by Crippen LogP contribution is -2.56. The molecule has 0 radical (unpaired) electrons. The summed E-state index contributed by atoms with van der Waals surface area (Å²) in [7, 11) is -3.44. The van der Waals surface area contributed by atoms with E-state index in [-0.39, 0.29) is 26.1 Å². The fraction of sp³-hybridized carbons (Fsp3) is 0.857. The van der Waals surface area contributed by atoms with E-state index in [1.54, 1.807) is 0 Å². The lowest BCUT2D eigenvalue weighted by molar-refractivity contribution is -0.107. The summed E-state index contributed by atoms with van der Waals surface area (Å²) in [6.45, 7) is 11.6. The number of hydrogen-bond acceptors (Lipinski definition) is 6. The van der Waals surface area contributed by atoms with Crippen molar-refractivity contribution >= 4 is 9.05 Å². The topological polar surface area (TPSA) is 84.5 Å². The molecule has 7 heteroatoms. The smallest absolute Gasteiger partial charge is 0.350 e. The second kappa shape index (κ2) is 8.47. The molecular formula is C14H26N2O4Si. The highest BCUT2D eigenvalue weighted by Crippen LogP contribution is 2.26. The van der Waals surface area contributed by atoms with Gasteiger partial charge in [-0.1, -0.05) is 0 Å². The van der Waals surface area contributed by atoms with Gasteiger partial charge in [-0.05, 0) is 41.5 Å². The largest absolute Gasteiger partial charge is 0.680 e. The SMILES string of the molecule is CC(C)(C)O[Si](OCCC#N)(OCCC#N)OC(C)(C)C. The fourth-order valence-electron chi connectivity index (χ4n) is 1.37. The summed E-state index contributed by atoms with van der Waals surface area (Å²) in [6.07, 6.45) is 0.439. The van der Waals surface area contributed by atoms with Crippen LogP contribution in [0.4, 0.5) is 0 Å². The van der Waals surface area contributed by atoms with Gasteiger partial charge in [0, 0.05) is 0 Å². The summed E-state index contributed by atoms with van der Waals surface area (Å²) >= 11 is 0. The standard InChI is InChI=1S/C14H26N2O4Si/c1-13(2,3)19-21(17-11-7-9-15,18-12-8-10-16)20-14(4,5)6/h7-8,11-12H2,1-6H3. The Kier molecular flexibility index (Phi) is 8.08. The van der Waals surface area contributed by atoms with Crippen molar-refractivity contribution in [1.29, 1.82) is 10.5 Å². The van der Waals surface area contributed by atoms with E-state index in [9.17, 15) is 0 Å². The van der Waals surface area contributed by atoms with Gasteiger partial charge < -0.3 is 17.7 Å². The first kappa shape index (κ1) is 20.0. The molecule has 0 aliphatic rings. The molecule has 0 spiro atoms. The molecule has 21 heavy (non-hydrogen) atoms. The Labute approximate surface area is 129 Å². The van der Waals surface area contributed by atoms with Crippen molar-refractivity contribution < 1.29 is 17.7 Å². The molecule has 0 atom stereocenters. The number of nitrogens with zero attached hydrogens (tertiary/aromatic N) is 2. The maximum atomic E-state index is 8.66. The van der Waals surface area contributed by atoms with Crippen LogP contribution < -0.4 is 0 Å². The van der Waals surface area contributed by atoms with Gasteiger partial charge in [0.05, 0.1) is 49.4 Å². The van der Waals surface area contributed by atoms with E-state index in [2.05, 4.69) is 0 Å². The third-order valence-electron chi connectivity index (χ3n) is 1.85. The van der Waals surface area contributed by atoms with E-state index in [4.69, 9.17) is 28.2 Å². The van der Waals surface area contributed by atoms with Crippen LogP contribution in [0.3, 0.4) is 0 Å². The second-order valence-corrected chi connectivity index (χ2v) is 8.43. The maximum Gasteiger partial charge on any atom is 0.680 e. The zero-order valence-corrected chi connectivity index (χ0v) is 14.9. The highest BCUT2D eigenvalue weighted by molar-refractivity contribution is 6.53. The number of nitriles is 2. The van der Waals surface area contributed by atoms with Crippen molar-refractivity contribution in [2.45, 2.75) is 65.6 Å². The summed E-state index contributed by atoms with van der Waals surface area (Å²) < 4.78 is 23.3. The predicted octanol–water partition coefficient (Wildman–Crippen LogP) is 2.91. The van der Waals surface area contributed by atoms with Gasteiger partial charge in [0.2, 0.25) is 0 Å². The molecule has 0 unspecified atom stereocenters. The van der Waals surface area contributed by atoms with Gasteiger partial charge in [-0.2, -0.15) is 10.5 Å². The van der Waals surface area contributed by atoms with Gasteiger partial charge in [-0.25, -0.2) is 0 Å². The molecule has 0 aromatic rings. The zero-order valence-electron chi connectivity index (χ0n) is 13.9. The van der Waals surface area contributed by atoms with Crippen molar-refractivity contribution in [3.05, 3.63) is 0 Å². The van der Waals surface area contributed by atoms with Crippen LogP contribution in [0.2, 0.25) is 0 Å². The average Bonchev–Trinajstić information content (AvgIpc) is 2.25.